The zero-order valence-electron chi connectivity index (χ0n) is 16.8. The van der Waals surface area contributed by atoms with Gasteiger partial charge in [0.2, 0.25) is 5.60 Å². The second kappa shape index (κ2) is 5.64. The molecule has 1 aliphatic heterocycles. The molecule has 1 saturated heterocycles. The predicted octanol–water partition coefficient (Wildman–Crippen LogP) is 2.79. The van der Waals surface area contributed by atoms with Crippen molar-refractivity contribution in [3.05, 3.63) is 12.7 Å². The minimum absolute atomic E-state index is 0.0398. The molecule has 7 aliphatic rings. The van der Waals surface area contributed by atoms with Gasteiger partial charge >= 0.3 is 17.9 Å². The van der Waals surface area contributed by atoms with E-state index in [1.54, 1.807) is 0 Å². The smallest absolute Gasteiger partial charge is 0.352 e. The first-order valence-corrected chi connectivity index (χ1v) is 11.1. The molecule has 29 heavy (non-hydrogen) atoms. The van der Waals surface area contributed by atoms with Crippen molar-refractivity contribution in [3.63, 3.8) is 0 Å². The van der Waals surface area contributed by atoms with Crippen LogP contribution in [0.1, 0.15) is 51.9 Å². The SMILES string of the molecule is C=CC(=O)OC12C(=O)OC3CC(CC31)C2C(=O)OC1(C)C2CC3CC(C2)CC1C3. The summed E-state index contributed by atoms with van der Waals surface area (Å²) in [5, 5.41) is 0. The van der Waals surface area contributed by atoms with E-state index in [2.05, 4.69) is 13.5 Å². The van der Waals surface area contributed by atoms with Crippen molar-refractivity contribution in [2.24, 2.45) is 41.4 Å². The second-order valence-corrected chi connectivity index (χ2v) is 10.6. The largest absolute Gasteiger partial charge is 0.459 e. The Labute approximate surface area is 170 Å². The third-order valence-corrected chi connectivity index (χ3v) is 9.37. The minimum Gasteiger partial charge on any atom is -0.459 e. The fourth-order valence-corrected chi connectivity index (χ4v) is 8.30. The average molecular weight is 400 g/mol. The highest BCUT2D eigenvalue weighted by molar-refractivity contribution is 5.95. The Morgan fingerprint density at radius 1 is 1.03 bits per heavy atom. The molecule has 0 amide bonds. The van der Waals surface area contributed by atoms with Crippen molar-refractivity contribution < 1.29 is 28.6 Å². The maximum atomic E-state index is 13.6. The zero-order chi connectivity index (χ0) is 20.1. The van der Waals surface area contributed by atoms with Crippen LogP contribution in [0.25, 0.3) is 0 Å². The van der Waals surface area contributed by atoms with E-state index in [1.165, 1.54) is 6.42 Å². The summed E-state index contributed by atoms with van der Waals surface area (Å²) in [7, 11) is 0. The summed E-state index contributed by atoms with van der Waals surface area (Å²) in [6.45, 7) is 5.55. The van der Waals surface area contributed by atoms with Gasteiger partial charge in [-0.3, -0.25) is 4.79 Å². The maximum absolute atomic E-state index is 13.6. The van der Waals surface area contributed by atoms with Crippen LogP contribution in [-0.4, -0.2) is 35.2 Å². The van der Waals surface area contributed by atoms with E-state index in [9.17, 15) is 14.4 Å². The molecule has 0 aromatic rings. The van der Waals surface area contributed by atoms with Crippen molar-refractivity contribution >= 4 is 17.9 Å². The lowest BCUT2D eigenvalue weighted by molar-refractivity contribution is -0.216. The van der Waals surface area contributed by atoms with Gasteiger partial charge in [0.25, 0.3) is 0 Å². The fraction of sp³-hybridized carbons (Fsp3) is 0.783. The first-order chi connectivity index (χ1) is 13.8. The summed E-state index contributed by atoms with van der Waals surface area (Å²) in [6.07, 6.45) is 7.96. The van der Waals surface area contributed by atoms with Crippen LogP contribution in [0, 0.1) is 41.4 Å². The molecule has 0 radical (unpaired) electrons. The van der Waals surface area contributed by atoms with E-state index in [0.29, 0.717) is 24.7 Å². The lowest BCUT2D eigenvalue weighted by Gasteiger charge is -2.59. The Kier molecular flexibility index (Phi) is 3.49. The predicted molar refractivity (Wildman–Crippen MR) is 100 cm³/mol. The summed E-state index contributed by atoms with van der Waals surface area (Å²) >= 11 is 0. The van der Waals surface area contributed by atoms with Gasteiger partial charge in [0.05, 0.1) is 0 Å². The van der Waals surface area contributed by atoms with Gasteiger partial charge < -0.3 is 14.2 Å². The number of esters is 3. The summed E-state index contributed by atoms with van der Waals surface area (Å²) in [5.41, 5.74) is -2.00. The van der Waals surface area contributed by atoms with E-state index in [4.69, 9.17) is 14.2 Å². The van der Waals surface area contributed by atoms with Crippen LogP contribution in [0.2, 0.25) is 0 Å². The van der Waals surface area contributed by atoms with E-state index < -0.39 is 29.1 Å². The van der Waals surface area contributed by atoms with Crippen LogP contribution in [0.4, 0.5) is 0 Å². The molecule has 6 heteroatoms. The standard InChI is InChI=1S/C23H28O6/c1-3-18(24)28-23-16-9-13(10-17(16)27-21(23)26)19(23)20(25)29-22(2)14-5-11-4-12(7-14)8-15(22)6-11/h3,11-17,19H,1,4-10H2,2H3. The maximum Gasteiger partial charge on any atom is 0.352 e. The van der Waals surface area contributed by atoms with Crippen LogP contribution >= 0.6 is 0 Å². The summed E-state index contributed by atoms with van der Waals surface area (Å²) in [6, 6.07) is 0. The van der Waals surface area contributed by atoms with Gasteiger partial charge in [0.1, 0.15) is 17.6 Å². The van der Waals surface area contributed by atoms with Crippen LogP contribution in [0.3, 0.4) is 0 Å². The van der Waals surface area contributed by atoms with Crippen LogP contribution in [0.15, 0.2) is 12.7 Å². The van der Waals surface area contributed by atoms with Gasteiger partial charge in [-0.15, -0.1) is 0 Å². The molecule has 7 rings (SSSR count). The molecular weight excluding hydrogens is 372 g/mol. The highest BCUT2D eigenvalue weighted by Gasteiger charge is 2.77. The molecule has 5 unspecified atom stereocenters. The molecule has 6 nitrogen and oxygen atoms in total. The Morgan fingerprint density at radius 3 is 2.31 bits per heavy atom. The number of ether oxygens (including phenoxy) is 3. The first-order valence-electron chi connectivity index (χ1n) is 11.1. The molecule has 0 spiro atoms. The summed E-state index contributed by atoms with van der Waals surface area (Å²) in [5.74, 6) is -0.358. The highest BCUT2D eigenvalue weighted by Crippen LogP contribution is 2.64. The molecule has 0 N–H and O–H groups in total. The van der Waals surface area contributed by atoms with Crippen molar-refractivity contribution in [1.29, 1.82) is 0 Å². The summed E-state index contributed by atoms with van der Waals surface area (Å²) in [4.78, 5) is 38.5. The number of hydrogen-bond donors (Lipinski definition) is 0. The first kappa shape index (κ1) is 18.0. The Hall–Kier alpha value is -1.85. The van der Waals surface area contributed by atoms with Gasteiger partial charge in [-0.05, 0) is 81.5 Å². The fourth-order valence-electron chi connectivity index (χ4n) is 8.30. The molecule has 5 atom stereocenters. The van der Waals surface area contributed by atoms with E-state index in [-0.39, 0.29) is 23.9 Å². The molecule has 6 aliphatic carbocycles. The van der Waals surface area contributed by atoms with Crippen molar-refractivity contribution in [2.75, 3.05) is 0 Å². The molecule has 0 aromatic heterocycles. The minimum atomic E-state index is -1.53. The number of fused-ring (bicyclic) bond motifs is 1. The Morgan fingerprint density at radius 2 is 1.69 bits per heavy atom. The van der Waals surface area contributed by atoms with Gasteiger partial charge in [-0.2, -0.15) is 0 Å². The normalized spacial score (nSPS) is 53.1. The van der Waals surface area contributed by atoms with Crippen LogP contribution in [0.5, 0.6) is 0 Å². The molecule has 0 aromatic carbocycles. The average Bonchev–Trinajstić information content (AvgIpc) is 3.26. The quantitative estimate of drug-likeness (QED) is 0.410. The number of rotatable bonds is 4. The third-order valence-electron chi connectivity index (χ3n) is 9.37. The van der Waals surface area contributed by atoms with E-state index in [1.807, 2.05) is 0 Å². The second-order valence-electron chi connectivity index (χ2n) is 10.6. The van der Waals surface area contributed by atoms with Crippen molar-refractivity contribution in [3.8, 4) is 0 Å². The lowest BCUT2D eigenvalue weighted by Crippen LogP contribution is -2.60. The molecule has 6 bridgehead atoms. The lowest BCUT2D eigenvalue weighted by atomic mass is 9.50. The molecule has 6 saturated carbocycles. The van der Waals surface area contributed by atoms with Crippen LogP contribution < -0.4 is 0 Å². The number of hydrogen-bond acceptors (Lipinski definition) is 6. The molecule has 156 valence electrons. The van der Waals surface area contributed by atoms with Crippen molar-refractivity contribution in [2.45, 2.75) is 69.2 Å². The van der Waals surface area contributed by atoms with Gasteiger partial charge in [0.15, 0.2) is 0 Å². The molecule has 7 fully saturated rings. The summed E-state index contributed by atoms with van der Waals surface area (Å²) < 4.78 is 17.5. The van der Waals surface area contributed by atoms with E-state index in [0.717, 1.165) is 43.6 Å². The highest BCUT2D eigenvalue weighted by atomic mass is 16.6. The van der Waals surface area contributed by atoms with Gasteiger partial charge in [-0.25, -0.2) is 9.59 Å². The van der Waals surface area contributed by atoms with Crippen molar-refractivity contribution in [1.82, 2.24) is 0 Å². The monoisotopic (exact) mass is 400 g/mol. The Bertz CT molecular complexity index is 788. The van der Waals surface area contributed by atoms with Gasteiger partial charge in [0, 0.05) is 12.0 Å². The topological polar surface area (TPSA) is 78.9 Å². The number of carbonyl (C=O) groups excluding carboxylic acids is 3. The third kappa shape index (κ3) is 2.15. The molecular formula is C23H28O6. The zero-order valence-corrected chi connectivity index (χ0v) is 16.8. The van der Waals surface area contributed by atoms with Gasteiger partial charge in [-0.1, -0.05) is 6.58 Å². The Balaban J connectivity index is 1.31. The molecule has 1 heterocycles. The van der Waals surface area contributed by atoms with E-state index >= 15 is 0 Å². The van der Waals surface area contributed by atoms with Crippen LogP contribution in [-0.2, 0) is 28.6 Å². The number of carbonyl (C=O) groups is 3.